The first-order valence-electron chi connectivity index (χ1n) is 8.36. The van der Waals surface area contributed by atoms with Gasteiger partial charge in [0.25, 0.3) is 11.8 Å². The van der Waals surface area contributed by atoms with Crippen LogP contribution in [0.25, 0.3) is 0 Å². The molecule has 5 heteroatoms. The first kappa shape index (κ1) is 18.4. The van der Waals surface area contributed by atoms with E-state index in [-0.39, 0.29) is 18.2 Å². The molecule has 5 nitrogen and oxygen atoms in total. The van der Waals surface area contributed by atoms with Crippen molar-refractivity contribution in [3.05, 3.63) is 12.2 Å². The smallest absolute Gasteiger partial charge is 0.303 e. The fourth-order valence-electron chi connectivity index (χ4n) is 2.61. The van der Waals surface area contributed by atoms with Gasteiger partial charge in [0.15, 0.2) is 0 Å². The van der Waals surface area contributed by atoms with Gasteiger partial charge in [0.1, 0.15) is 0 Å². The van der Waals surface area contributed by atoms with Crippen LogP contribution in [0.5, 0.6) is 0 Å². The number of imide groups is 1. The highest BCUT2D eigenvalue weighted by atomic mass is 16.4. The lowest BCUT2D eigenvalue weighted by Gasteiger charge is -2.12. The van der Waals surface area contributed by atoms with Gasteiger partial charge in [-0.15, -0.1) is 0 Å². The van der Waals surface area contributed by atoms with Crippen LogP contribution in [0.2, 0.25) is 0 Å². The first-order chi connectivity index (χ1) is 10.6. The minimum absolute atomic E-state index is 0.187. The number of hydrogen-bond donors (Lipinski definition) is 1. The lowest BCUT2D eigenvalue weighted by Crippen LogP contribution is -2.30. The summed E-state index contributed by atoms with van der Waals surface area (Å²) in [6, 6.07) is 0. The van der Waals surface area contributed by atoms with E-state index in [1.54, 1.807) is 0 Å². The fraction of sp³-hybridized carbons (Fsp3) is 0.706. The number of aliphatic carboxylic acids is 1. The molecule has 124 valence electrons. The number of nitrogens with zero attached hydrogens (tertiary/aromatic N) is 1. The number of amides is 2. The van der Waals surface area contributed by atoms with Crippen molar-refractivity contribution < 1.29 is 19.5 Å². The van der Waals surface area contributed by atoms with Crippen molar-refractivity contribution in [2.75, 3.05) is 6.54 Å². The Kier molecular flexibility index (Phi) is 9.19. The molecule has 0 spiro atoms. The molecule has 0 saturated heterocycles. The van der Waals surface area contributed by atoms with Crippen LogP contribution < -0.4 is 0 Å². The third-order valence-corrected chi connectivity index (χ3v) is 3.92. The van der Waals surface area contributed by atoms with E-state index in [2.05, 4.69) is 0 Å². The number of unbranched alkanes of at least 4 members (excludes halogenated alkanes) is 9. The highest BCUT2D eigenvalue weighted by Crippen LogP contribution is 2.12. The maximum atomic E-state index is 11.3. The molecule has 0 atom stereocenters. The maximum Gasteiger partial charge on any atom is 0.303 e. The minimum atomic E-state index is -0.701. The zero-order chi connectivity index (χ0) is 16.2. The molecule has 2 amide bonds. The largest absolute Gasteiger partial charge is 0.481 e. The lowest BCUT2D eigenvalue weighted by atomic mass is 10.1. The van der Waals surface area contributed by atoms with E-state index >= 15 is 0 Å². The predicted octanol–water partition coefficient (Wildman–Crippen LogP) is 3.29. The van der Waals surface area contributed by atoms with Crippen molar-refractivity contribution in [1.29, 1.82) is 0 Å². The maximum absolute atomic E-state index is 11.3. The summed E-state index contributed by atoms with van der Waals surface area (Å²) in [4.78, 5) is 34.3. The number of carboxylic acids is 1. The van der Waals surface area contributed by atoms with Crippen LogP contribution in [0.1, 0.15) is 70.6 Å². The van der Waals surface area contributed by atoms with E-state index in [9.17, 15) is 14.4 Å². The van der Waals surface area contributed by atoms with Gasteiger partial charge in [-0.25, -0.2) is 0 Å². The fourth-order valence-corrected chi connectivity index (χ4v) is 2.61. The summed E-state index contributed by atoms with van der Waals surface area (Å²) < 4.78 is 0. The molecule has 0 aromatic heterocycles. The molecular formula is C17H27NO4. The first-order valence-corrected chi connectivity index (χ1v) is 8.36. The van der Waals surface area contributed by atoms with E-state index in [1.165, 1.54) is 42.7 Å². The van der Waals surface area contributed by atoms with Crippen molar-refractivity contribution in [2.45, 2.75) is 70.6 Å². The molecule has 0 aromatic carbocycles. The van der Waals surface area contributed by atoms with Crippen LogP contribution in [0, 0.1) is 0 Å². The van der Waals surface area contributed by atoms with Crippen molar-refractivity contribution in [3.63, 3.8) is 0 Å². The van der Waals surface area contributed by atoms with Crippen LogP contribution in [-0.4, -0.2) is 34.3 Å². The highest BCUT2D eigenvalue weighted by Gasteiger charge is 2.21. The Morgan fingerprint density at radius 1 is 0.773 bits per heavy atom. The molecule has 0 saturated carbocycles. The zero-order valence-electron chi connectivity index (χ0n) is 13.3. The van der Waals surface area contributed by atoms with Crippen molar-refractivity contribution in [2.24, 2.45) is 0 Å². The molecule has 0 bridgehead atoms. The Morgan fingerprint density at radius 2 is 1.18 bits per heavy atom. The summed E-state index contributed by atoms with van der Waals surface area (Å²) in [5, 5.41) is 8.51. The number of hydrogen-bond acceptors (Lipinski definition) is 3. The van der Waals surface area contributed by atoms with Crippen molar-refractivity contribution >= 4 is 17.8 Å². The molecule has 0 aromatic rings. The second-order valence-electron chi connectivity index (χ2n) is 5.84. The van der Waals surface area contributed by atoms with Crippen molar-refractivity contribution in [3.8, 4) is 0 Å². The van der Waals surface area contributed by atoms with Gasteiger partial charge in [0, 0.05) is 25.1 Å². The number of carboxylic acid groups (broad SMARTS) is 1. The molecule has 0 unspecified atom stereocenters. The van der Waals surface area contributed by atoms with Gasteiger partial charge in [-0.05, 0) is 12.8 Å². The van der Waals surface area contributed by atoms with Gasteiger partial charge < -0.3 is 5.11 Å². The van der Waals surface area contributed by atoms with E-state index in [0.29, 0.717) is 6.54 Å². The van der Waals surface area contributed by atoms with Crippen LogP contribution in [0.3, 0.4) is 0 Å². The third kappa shape index (κ3) is 7.96. The monoisotopic (exact) mass is 309 g/mol. The third-order valence-electron chi connectivity index (χ3n) is 3.92. The summed E-state index contributed by atoms with van der Waals surface area (Å²) >= 11 is 0. The topological polar surface area (TPSA) is 74.7 Å². The average Bonchev–Trinajstić information content (AvgIpc) is 2.79. The van der Waals surface area contributed by atoms with E-state index in [1.807, 2.05) is 0 Å². The van der Waals surface area contributed by atoms with E-state index in [0.717, 1.165) is 38.5 Å². The Labute approximate surface area is 132 Å². The minimum Gasteiger partial charge on any atom is -0.481 e. The second kappa shape index (κ2) is 11.0. The van der Waals surface area contributed by atoms with Crippen LogP contribution in [-0.2, 0) is 14.4 Å². The molecule has 0 radical (unpaired) electrons. The Bertz CT molecular complexity index is 385. The molecule has 0 aliphatic carbocycles. The zero-order valence-corrected chi connectivity index (χ0v) is 13.3. The number of rotatable bonds is 13. The molecule has 1 N–H and O–H groups in total. The summed E-state index contributed by atoms with van der Waals surface area (Å²) in [7, 11) is 0. The predicted molar refractivity (Wildman–Crippen MR) is 84.3 cm³/mol. The molecule has 22 heavy (non-hydrogen) atoms. The standard InChI is InChI=1S/C17H27NO4/c19-15-12-13-16(20)18(15)14-10-8-6-4-2-1-3-5-7-9-11-17(21)22/h12-13H,1-11,14H2,(H,21,22). The quantitative estimate of drug-likeness (QED) is 0.418. The molecular weight excluding hydrogens is 282 g/mol. The molecule has 0 fully saturated rings. The summed E-state index contributed by atoms with van der Waals surface area (Å²) in [5.41, 5.74) is 0. The van der Waals surface area contributed by atoms with Gasteiger partial charge in [-0.3, -0.25) is 19.3 Å². The highest BCUT2D eigenvalue weighted by molar-refractivity contribution is 6.12. The van der Waals surface area contributed by atoms with Crippen LogP contribution >= 0.6 is 0 Å². The Balaban J connectivity index is 1.81. The van der Waals surface area contributed by atoms with E-state index in [4.69, 9.17) is 5.11 Å². The van der Waals surface area contributed by atoms with Gasteiger partial charge in [-0.1, -0.05) is 51.4 Å². The van der Waals surface area contributed by atoms with Crippen molar-refractivity contribution in [1.82, 2.24) is 4.90 Å². The Morgan fingerprint density at radius 3 is 1.64 bits per heavy atom. The summed E-state index contributed by atoms with van der Waals surface area (Å²) in [6.45, 7) is 0.536. The second-order valence-corrected chi connectivity index (χ2v) is 5.84. The molecule has 1 heterocycles. The van der Waals surface area contributed by atoms with Crippen LogP contribution in [0.15, 0.2) is 12.2 Å². The summed E-state index contributed by atoms with van der Waals surface area (Å²) in [6.07, 6.45) is 13.7. The summed E-state index contributed by atoms with van der Waals surface area (Å²) in [5.74, 6) is -1.08. The van der Waals surface area contributed by atoms with Crippen LogP contribution in [0.4, 0.5) is 0 Å². The number of carbonyl (C=O) groups is 3. The Hall–Kier alpha value is -1.65. The normalized spacial score (nSPS) is 14.1. The molecule has 1 aliphatic rings. The van der Waals surface area contributed by atoms with E-state index < -0.39 is 5.97 Å². The average molecular weight is 309 g/mol. The van der Waals surface area contributed by atoms with Gasteiger partial charge in [-0.2, -0.15) is 0 Å². The number of carbonyl (C=O) groups excluding carboxylic acids is 2. The SMILES string of the molecule is O=C(O)CCCCCCCCCCCCN1C(=O)C=CC1=O. The molecule has 1 rings (SSSR count). The molecule has 1 aliphatic heterocycles. The lowest BCUT2D eigenvalue weighted by molar-refractivity contribution is -0.138. The van der Waals surface area contributed by atoms with Gasteiger partial charge in [0.05, 0.1) is 0 Å². The van der Waals surface area contributed by atoms with Gasteiger partial charge >= 0.3 is 5.97 Å². The van der Waals surface area contributed by atoms with Gasteiger partial charge in [0.2, 0.25) is 0 Å².